The Morgan fingerprint density at radius 3 is 2.60 bits per heavy atom. The molecule has 7 heteroatoms. The van der Waals surface area contributed by atoms with Crippen LogP contribution in [-0.4, -0.2) is 16.9 Å². The summed E-state index contributed by atoms with van der Waals surface area (Å²) in [6.07, 6.45) is -2.98. The Kier molecular flexibility index (Phi) is 3.71. The molecule has 2 aromatic rings. The minimum absolute atomic E-state index is 0.194. The number of hydrogen-bond acceptors (Lipinski definition) is 3. The Labute approximate surface area is 114 Å². The third kappa shape index (κ3) is 2.49. The zero-order chi connectivity index (χ0) is 14.9. The van der Waals surface area contributed by atoms with Crippen molar-refractivity contribution in [1.82, 2.24) is 9.78 Å². The number of rotatable bonds is 3. The third-order valence-corrected chi connectivity index (χ3v) is 3.07. The second kappa shape index (κ2) is 5.16. The molecule has 4 nitrogen and oxygen atoms in total. The van der Waals surface area contributed by atoms with Crippen LogP contribution in [0.15, 0.2) is 24.4 Å². The zero-order valence-corrected chi connectivity index (χ0v) is 11.0. The zero-order valence-electron chi connectivity index (χ0n) is 11.0. The quantitative estimate of drug-likeness (QED) is 0.943. The first kappa shape index (κ1) is 14.4. The lowest BCUT2D eigenvalue weighted by atomic mass is 10.0. The van der Waals surface area contributed by atoms with Crippen molar-refractivity contribution < 1.29 is 17.9 Å². The van der Waals surface area contributed by atoms with E-state index in [0.29, 0.717) is 16.8 Å². The van der Waals surface area contributed by atoms with Crippen molar-refractivity contribution in [2.24, 2.45) is 12.8 Å². The van der Waals surface area contributed by atoms with E-state index in [1.54, 1.807) is 17.8 Å². The van der Waals surface area contributed by atoms with Gasteiger partial charge in [0.05, 0.1) is 24.6 Å². The number of nitrogens with zero attached hydrogens (tertiary/aromatic N) is 2. The summed E-state index contributed by atoms with van der Waals surface area (Å²) in [4.78, 5) is 0. The van der Waals surface area contributed by atoms with E-state index < -0.39 is 11.7 Å². The number of ether oxygens (including phenoxy) is 1. The fourth-order valence-corrected chi connectivity index (χ4v) is 2.04. The highest BCUT2D eigenvalue weighted by Gasteiger charge is 2.34. The Balaban J connectivity index is 2.59. The van der Waals surface area contributed by atoms with Crippen LogP contribution in [0.1, 0.15) is 11.3 Å². The van der Waals surface area contributed by atoms with Crippen LogP contribution in [0, 0.1) is 0 Å². The van der Waals surface area contributed by atoms with Gasteiger partial charge < -0.3 is 10.5 Å². The first-order chi connectivity index (χ1) is 9.38. The van der Waals surface area contributed by atoms with Gasteiger partial charge in [-0.2, -0.15) is 18.3 Å². The lowest BCUT2D eigenvalue weighted by molar-refractivity contribution is -0.138. The molecule has 2 N–H and O–H groups in total. The van der Waals surface area contributed by atoms with Crippen LogP contribution in [0.2, 0.25) is 0 Å². The van der Waals surface area contributed by atoms with Crippen molar-refractivity contribution in [1.29, 1.82) is 0 Å². The van der Waals surface area contributed by atoms with Crippen LogP contribution in [0.4, 0.5) is 13.2 Å². The van der Waals surface area contributed by atoms with Crippen molar-refractivity contribution in [2.45, 2.75) is 12.7 Å². The molecular weight excluding hydrogens is 271 g/mol. The first-order valence-electron chi connectivity index (χ1n) is 5.85. The van der Waals surface area contributed by atoms with E-state index in [9.17, 15) is 13.2 Å². The molecule has 108 valence electrons. The highest BCUT2D eigenvalue weighted by atomic mass is 19.4. The van der Waals surface area contributed by atoms with E-state index in [4.69, 9.17) is 10.5 Å². The minimum atomic E-state index is -4.48. The van der Waals surface area contributed by atoms with Crippen LogP contribution in [0.5, 0.6) is 5.75 Å². The van der Waals surface area contributed by atoms with Gasteiger partial charge in [-0.25, -0.2) is 0 Å². The summed E-state index contributed by atoms with van der Waals surface area (Å²) in [6.45, 7) is 0.194. The molecule has 0 fully saturated rings. The lowest BCUT2D eigenvalue weighted by Gasteiger charge is -2.13. The highest BCUT2D eigenvalue weighted by Crippen LogP contribution is 2.39. The molecule has 0 atom stereocenters. The number of hydrogen-bond donors (Lipinski definition) is 1. The molecule has 0 aliphatic carbocycles. The van der Waals surface area contributed by atoms with E-state index >= 15 is 0 Å². The molecule has 0 unspecified atom stereocenters. The van der Waals surface area contributed by atoms with Crippen LogP contribution < -0.4 is 10.5 Å². The molecule has 20 heavy (non-hydrogen) atoms. The molecule has 0 saturated carbocycles. The van der Waals surface area contributed by atoms with Gasteiger partial charge in [-0.3, -0.25) is 4.68 Å². The Hall–Kier alpha value is -2.02. The monoisotopic (exact) mass is 285 g/mol. The number of benzene rings is 1. The normalized spacial score (nSPS) is 11.7. The van der Waals surface area contributed by atoms with Gasteiger partial charge in [0.1, 0.15) is 5.75 Å². The Morgan fingerprint density at radius 2 is 2.05 bits per heavy atom. The molecule has 0 aliphatic heterocycles. The third-order valence-electron chi connectivity index (χ3n) is 3.07. The molecule has 0 spiro atoms. The van der Waals surface area contributed by atoms with Crippen LogP contribution >= 0.6 is 0 Å². The van der Waals surface area contributed by atoms with Crippen molar-refractivity contribution in [3.8, 4) is 16.9 Å². The summed E-state index contributed by atoms with van der Waals surface area (Å²) in [6, 6.07) is 3.91. The molecular formula is C13H14F3N3O. The summed E-state index contributed by atoms with van der Waals surface area (Å²) < 4.78 is 45.3. The van der Waals surface area contributed by atoms with Gasteiger partial charge in [0.25, 0.3) is 0 Å². The number of halogens is 3. The molecule has 0 bridgehead atoms. The van der Waals surface area contributed by atoms with Gasteiger partial charge >= 0.3 is 6.18 Å². The summed E-state index contributed by atoms with van der Waals surface area (Å²) in [5, 5.41) is 4.02. The predicted octanol–water partition coefficient (Wildman–Crippen LogP) is 2.57. The summed E-state index contributed by atoms with van der Waals surface area (Å²) in [7, 11) is 2.90. The van der Waals surface area contributed by atoms with Gasteiger partial charge in [-0.1, -0.05) is 6.07 Å². The number of nitrogens with two attached hydrogens (primary N) is 1. The molecule has 0 saturated heterocycles. The van der Waals surface area contributed by atoms with Crippen molar-refractivity contribution >= 4 is 0 Å². The molecule has 1 heterocycles. The molecule has 0 radical (unpaired) electrons. The largest absolute Gasteiger partial charge is 0.496 e. The van der Waals surface area contributed by atoms with E-state index in [0.717, 1.165) is 6.07 Å². The molecule has 2 rings (SSSR count). The van der Waals surface area contributed by atoms with Crippen molar-refractivity contribution in [2.75, 3.05) is 7.11 Å². The number of alkyl halides is 3. The van der Waals surface area contributed by atoms with Crippen LogP contribution in [0.3, 0.4) is 0 Å². The van der Waals surface area contributed by atoms with Crippen molar-refractivity contribution in [3.63, 3.8) is 0 Å². The smallest absolute Gasteiger partial charge is 0.419 e. The van der Waals surface area contributed by atoms with Gasteiger partial charge in [0, 0.05) is 19.2 Å². The van der Waals surface area contributed by atoms with Crippen LogP contribution in [0.25, 0.3) is 11.1 Å². The van der Waals surface area contributed by atoms with E-state index in [1.165, 1.54) is 19.4 Å². The summed E-state index contributed by atoms with van der Waals surface area (Å²) in [5.41, 5.74) is 6.45. The number of aromatic nitrogens is 2. The van der Waals surface area contributed by atoms with Gasteiger partial charge in [-0.15, -0.1) is 0 Å². The summed E-state index contributed by atoms with van der Waals surface area (Å²) in [5.74, 6) is -0.209. The Bertz CT molecular complexity index is 620. The fourth-order valence-electron chi connectivity index (χ4n) is 2.04. The predicted molar refractivity (Wildman–Crippen MR) is 68.1 cm³/mol. The molecule has 1 aromatic carbocycles. The first-order valence-corrected chi connectivity index (χ1v) is 5.85. The van der Waals surface area contributed by atoms with Crippen molar-refractivity contribution in [3.05, 3.63) is 35.7 Å². The molecule has 0 amide bonds. The molecule has 0 aliphatic rings. The van der Waals surface area contributed by atoms with E-state index in [2.05, 4.69) is 5.10 Å². The minimum Gasteiger partial charge on any atom is -0.496 e. The highest BCUT2D eigenvalue weighted by molar-refractivity contribution is 5.67. The standard InChI is InChI=1S/C13H14F3N3O/c1-19-11(6-17)9(7-18-19)8-3-4-12(20-2)10(5-8)13(14,15)16/h3-5,7H,6,17H2,1-2H3. The fraction of sp³-hybridized carbons (Fsp3) is 0.308. The average Bonchev–Trinajstić information content (AvgIpc) is 2.78. The lowest BCUT2D eigenvalue weighted by Crippen LogP contribution is -2.08. The van der Waals surface area contributed by atoms with Gasteiger partial charge in [0.2, 0.25) is 0 Å². The second-order valence-electron chi connectivity index (χ2n) is 4.25. The topological polar surface area (TPSA) is 53.1 Å². The van der Waals surface area contributed by atoms with E-state index in [-0.39, 0.29) is 12.3 Å². The number of aryl methyl sites for hydroxylation is 1. The van der Waals surface area contributed by atoms with E-state index in [1.807, 2.05) is 0 Å². The maximum Gasteiger partial charge on any atom is 0.419 e. The molecule has 1 aromatic heterocycles. The van der Waals surface area contributed by atoms with Gasteiger partial charge in [0.15, 0.2) is 0 Å². The number of methoxy groups -OCH3 is 1. The maximum absolute atomic E-state index is 13.0. The summed E-state index contributed by atoms with van der Waals surface area (Å²) >= 11 is 0. The van der Waals surface area contributed by atoms with Gasteiger partial charge in [-0.05, 0) is 17.7 Å². The average molecular weight is 285 g/mol. The maximum atomic E-state index is 13.0. The Morgan fingerprint density at radius 1 is 1.35 bits per heavy atom. The van der Waals surface area contributed by atoms with Crippen LogP contribution in [-0.2, 0) is 19.8 Å². The second-order valence-corrected chi connectivity index (χ2v) is 4.25. The SMILES string of the molecule is COc1ccc(-c2cnn(C)c2CN)cc1C(F)(F)F.